The quantitative estimate of drug-likeness (QED) is 0.403. The Bertz CT molecular complexity index is 1320. The maximum absolute atomic E-state index is 13.7. The zero-order chi connectivity index (χ0) is 27.4. The molecule has 3 aromatic rings. The summed E-state index contributed by atoms with van der Waals surface area (Å²) in [4.78, 5) is 28.2. The molecule has 0 bridgehead atoms. The molecule has 1 aliphatic heterocycles. The first-order valence-electron chi connectivity index (χ1n) is 12.4. The topological polar surface area (TPSA) is 85.7 Å². The van der Waals surface area contributed by atoms with Crippen LogP contribution in [0.3, 0.4) is 0 Å². The highest BCUT2D eigenvalue weighted by molar-refractivity contribution is 8.00. The van der Waals surface area contributed by atoms with Crippen molar-refractivity contribution < 1.29 is 19.1 Å². The fraction of sp³-hybridized carbons (Fsp3) is 0.393. The van der Waals surface area contributed by atoms with Crippen molar-refractivity contribution in [2.75, 3.05) is 44.6 Å². The summed E-state index contributed by atoms with van der Waals surface area (Å²) in [5, 5.41) is 8.12. The second-order valence-electron chi connectivity index (χ2n) is 9.95. The number of ether oxygens (including phenoxy) is 2. The van der Waals surface area contributed by atoms with Crippen LogP contribution in [-0.2, 0) is 19.7 Å². The summed E-state index contributed by atoms with van der Waals surface area (Å²) in [5.41, 5.74) is 2.86. The molecule has 4 rings (SSSR count). The average molecular weight is 557 g/mol. The molecule has 202 valence electrons. The number of carbonyl (C=O) groups is 2. The fourth-order valence-electron chi connectivity index (χ4n) is 4.49. The highest BCUT2D eigenvalue weighted by Crippen LogP contribution is 2.50. The van der Waals surface area contributed by atoms with Gasteiger partial charge in [-0.05, 0) is 18.2 Å². The number of rotatable bonds is 8. The first-order valence-corrected chi connectivity index (χ1v) is 13.8. The molecular formula is C28H33ClN4O4S. The Hall–Kier alpha value is -3.01. The number of benzene rings is 2. The monoisotopic (exact) mass is 556 g/mol. The summed E-state index contributed by atoms with van der Waals surface area (Å²) in [6, 6.07) is 15.2. The molecule has 0 spiro atoms. The Balaban J connectivity index is 1.99. The number of para-hydroxylation sites is 2. The molecular weight excluding hydrogens is 524 g/mol. The van der Waals surface area contributed by atoms with Crippen molar-refractivity contribution in [3.63, 3.8) is 0 Å². The lowest BCUT2D eigenvalue weighted by atomic mass is 9.87. The Morgan fingerprint density at radius 2 is 1.87 bits per heavy atom. The van der Waals surface area contributed by atoms with Crippen LogP contribution in [0.2, 0.25) is 5.02 Å². The average Bonchev–Trinajstić information content (AvgIpc) is 3.22. The third-order valence-electron chi connectivity index (χ3n) is 6.23. The van der Waals surface area contributed by atoms with Gasteiger partial charge in [0, 0.05) is 30.2 Å². The summed E-state index contributed by atoms with van der Waals surface area (Å²) in [5.74, 6) is 0.959. The number of carbonyl (C=O) groups excluding carboxylic acids is 2. The molecule has 0 radical (unpaired) electrons. The maximum atomic E-state index is 13.7. The molecule has 8 nitrogen and oxygen atoms in total. The zero-order valence-electron chi connectivity index (χ0n) is 22.3. The largest absolute Gasteiger partial charge is 0.496 e. The minimum absolute atomic E-state index is 0.158. The van der Waals surface area contributed by atoms with Crippen LogP contribution in [0.15, 0.2) is 48.5 Å². The van der Waals surface area contributed by atoms with Crippen molar-refractivity contribution in [3.8, 4) is 11.4 Å². The number of hydrogen-bond acceptors (Lipinski definition) is 6. The molecule has 2 amide bonds. The predicted molar refractivity (Wildman–Crippen MR) is 152 cm³/mol. The number of fused-ring (bicyclic) bond motifs is 1. The molecule has 1 N–H and O–H groups in total. The molecule has 0 saturated carbocycles. The van der Waals surface area contributed by atoms with E-state index in [-0.39, 0.29) is 34.8 Å². The van der Waals surface area contributed by atoms with E-state index in [1.54, 1.807) is 25.0 Å². The van der Waals surface area contributed by atoms with Gasteiger partial charge in [0.1, 0.15) is 18.1 Å². The van der Waals surface area contributed by atoms with E-state index >= 15 is 0 Å². The molecule has 0 unspecified atom stereocenters. The smallest absolute Gasteiger partial charge is 0.240 e. The molecule has 1 aliphatic rings. The number of anilines is 1. The summed E-state index contributed by atoms with van der Waals surface area (Å²) in [6.07, 6.45) is 0. The van der Waals surface area contributed by atoms with E-state index in [1.165, 1.54) is 16.7 Å². The van der Waals surface area contributed by atoms with Gasteiger partial charge in [0.25, 0.3) is 0 Å². The van der Waals surface area contributed by atoms with E-state index in [0.717, 1.165) is 22.6 Å². The fourth-order valence-corrected chi connectivity index (χ4v) is 5.92. The second kappa shape index (κ2) is 11.8. The van der Waals surface area contributed by atoms with Gasteiger partial charge in [-0.3, -0.25) is 14.5 Å². The van der Waals surface area contributed by atoms with Gasteiger partial charge < -0.3 is 14.8 Å². The molecule has 2 heterocycles. The summed E-state index contributed by atoms with van der Waals surface area (Å²) >= 11 is 8.16. The van der Waals surface area contributed by atoms with E-state index in [2.05, 4.69) is 26.1 Å². The molecule has 1 aromatic heterocycles. The summed E-state index contributed by atoms with van der Waals surface area (Å²) in [6.45, 7) is 6.83. The molecule has 0 aliphatic carbocycles. The van der Waals surface area contributed by atoms with Crippen LogP contribution in [-0.4, -0.2) is 61.3 Å². The molecule has 0 saturated heterocycles. The lowest BCUT2D eigenvalue weighted by molar-refractivity contribution is -0.123. The number of nitrogens with one attached hydrogen (secondary N) is 1. The van der Waals surface area contributed by atoms with E-state index in [1.807, 2.05) is 42.5 Å². The van der Waals surface area contributed by atoms with Gasteiger partial charge in [0.2, 0.25) is 11.8 Å². The Kier molecular flexibility index (Phi) is 8.70. The van der Waals surface area contributed by atoms with Gasteiger partial charge >= 0.3 is 0 Å². The minimum Gasteiger partial charge on any atom is -0.496 e. The molecule has 38 heavy (non-hydrogen) atoms. The van der Waals surface area contributed by atoms with Crippen LogP contribution in [0, 0.1) is 0 Å². The highest BCUT2D eigenvalue weighted by Gasteiger charge is 2.40. The van der Waals surface area contributed by atoms with Gasteiger partial charge in [0.15, 0.2) is 0 Å². The number of thioether (sulfide) groups is 1. The minimum atomic E-state index is -0.378. The van der Waals surface area contributed by atoms with Crippen molar-refractivity contribution in [2.45, 2.75) is 31.4 Å². The van der Waals surface area contributed by atoms with Crippen molar-refractivity contribution in [3.05, 3.63) is 70.4 Å². The lowest BCUT2D eigenvalue weighted by Gasteiger charge is -2.25. The molecule has 2 aromatic carbocycles. The third kappa shape index (κ3) is 5.70. The predicted octanol–water partition coefficient (Wildman–Crippen LogP) is 4.76. The van der Waals surface area contributed by atoms with Crippen molar-refractivity contribution in [2.24, 2.45) is 0 Å². The SMILES string of the molecule is COCCNC(=O)CN1C(=O)CS[C@H](c2ccccc2OC)c2c(C(C)(C)C)nn(-c3ccccc3Cl)c21. The third-order valence-corrected chi connectivity index (χ3v) is 7.79. The maximum Gasteiger partial charge on any atom is 0.240 e. The number of nitrogens with zero attached hydrogens (tertiary/aromatic N) is 3. The molecule has 1 atom stereocenters. The van der Waals surface area contributed by atoms with E-state index in [0.29, 0.717) is 29.7 Å². The van der Waals surface area contributed by atoms with Crippen LogP contribution in [0.1, 0.15) is 42.8 Å². The van der Waals surface area contributed by atoms with Crippen molar-refractivity contribution in [1.29, 1.82) is 0 Å². The number of amides is 2. The first kappa shape index (κ1) is 28.0. The van der Waals surface area contributed by atoms with Gasteiger partial charge in [-0.2, -0.15) is 5.10 Å². The van der Waals surface area contributed by atoms with Crippen LogP contribution in [0.5, 0.6) is 5.75 Å². The van der Waals surface area contributed by atoms with Gasteiger partial charge in [-0.1, -0.05) is 62.7 Å². The van der Waals surface area contributed by atoms with Crippen molar-refractivity contribution in [1.82, 2.24) is 15.1 Å². The molecule has 0 fully saturated rings. The van der Waals surface area contributed by atoms with Gasteiger partial charge in [-0.15, -0.1) is 11.8 Å². The van der Waals surface area contributed by atoms with E-state index in [9.17, 15) is 9.59 Å². The molecule has 10 heteroatoms. The van der Waals surface area contributed by atoms with Crippen LogP contribution in [0.4, 0.5) is 5.82 Å². The number of hydrogen-bond donors (Lipinski definition) is 1. The lowest BCUT2D eigenvalue weighted by Crippen LogP contribution is -2.43. The zero-order valence-corrected chi connectivity index (χ0v) is 23.9. The summed E-state index contributed by atoms with van der Waals surface area (Å²) < 4.78 is 12.5. The first-order chi connectivity index (χ1) is 18.2. The second-order valence-corrected chi connectivity index (χ2v) is 11.5. The van der Waals surface area contributed by atoms with Gasteiger partial charge in [-0.25, -0.2) is 4.68 Å². The number of methoxy groups -OCH3 is 2. The Morgan fingerprint density at radius 3 is 2.55 bits per heavy atom. The highest BCUT2D eigenvalue weighted by atomic mass is 35.5. The van der Waals surface area contributed by atoms with Crippen molar-refractivity contribution >= 4 is 41.0 Å². The number of halogens is 1. The Labute approximate surface area is 232 Å². The standard InChI is InChI=1S/C28H33ClN4O4S/c1-28(2,3)26-24-25(18-10-6-9-13-21(18)37-5)38-17-23(35)32(16-22(34)30-14-15-36-4)27(24)33(31-26)20-12-8-7-11-19(20)29/h6-13,25H,14-17H2,1-5H3,(H,30,34)/t25-/m1/s1. The van der Waals surface area contributed by atoms with Gasteiger partial charge in [0.05, 0.1) is 41.1 Å². The van der Waals surface area contributed by atoms with Crippen LogP contribution in [0.25, 0.3) is 5.69 Å². The van der Waals surface area contributed by atoms with Crippen LogP contribution >= 0.6 is 23.4 Å². The number of aromatic nitrogens is 2. The summed E-state index contributed by atoms with van der Waals surface area (Å²) in [7, 11) is 3.21. The normalized spacial score (nSPS) is 15.7. The van der Waals surface area contributed by atoms with E-state index < -0.39 is 0 Å². The van der Waals surface area contributed by atoms with Crippen LogP contribution < -0.4 is 15.0 Å². The Morgan fingerprint density at radius 1 is 1.16 bits per heavy atom. The van der Waals surface area contributed by atoms with E-state index in [4.69, 9.17) is 26.2 Å².